The molecule has 2 heterocycles. The molecule has 0 amide bonds. The minimum atomic E-state index is -5.25. The van der Waals surface area contributed by atoms with Crippen molar-refractivity contribution >= 4 is 151 Å². The maximum Gasteiger partial charge on any atom is 0.336 e. The highest BCUT2D eigenvalue weighted by Crippen LogP contribution is 2.32. The molecule has 0 aliphatic rings. The molecular weight excluding hydrogens is 1220 g/mol. The fourth-order valence-corrected chi connectivity index (χ4v) is 9.75. The Balaban J connectivity index is 1.37. The molecule has 2 aromatic heterocycles. The first-order valence-electron chi connectivity index (χ1n) is 21.7. The van der Waals surface area contributed by atoms with E-state index in [-0.39, 0.29) is 22.5 Å². The number of hydrogen-bond acceptors (Lipinski definition) is 27. The van der Waals surface area contributed by atoms with Crippen molar-refractivity contribution < 1.29 is 114 Å². The SMILES string of the molecule is O=C(O)CC(Nc1nc(Nc2ccc(/C=C/c3ccc(Nc4nc(Nc5cc(S(=O)(=O)O)ccc5S(=O)(=O)O)nc(NC(CC(=O)O)C(=O)O)n4)cc3S(=O)(=O)O)c(C(=O)O)c2)nc(Nc2cc(S(=O)(=O)O)ccc2S(=O)(=O)O)n1)C(=O)O. The Hall–Kier alpha value is -9.66. The zero-order chi connectivity index (χ0) is 61.7. The fourth-order valence-electron chi connectivity index (χ4n) is 6.77. The third-order valence-electron chi connectivity index (χ3n) is 10.3. The van der Waals surface area contributed by atoms with Crippen LogP contribution in [0.5, 0.6) is 0 Å². The predicted molar refractivity (Wildman–Crippen MR) is 278 cm³/mol. The van der Waals surface area contributed by atoms with E-state index in [9.17, 15) is 114 Å². The van der Waals surface area contributed by atoms with E-state index >= 15 is 0 Å². The molecule has 6 rings (SSSR count). The lowest BCUT2D eigenvalue weighted by atomic mass is 10.0. The maximum atomic E-state index is 12.8. The minimum Gasteiger partial charge on any atom is -0.481 e. The van der Waals surface area contributed by atoms with Gasteiger partial charge in [0.1, 0.15) is 26.8 Å². The number of anilines is 10. The summed E-state index contributed by atoms with van der Waals surface area (Å²) in [5, 5.41) is 62.0. The van der Waals surface area contributed by atoms with E-state index in [2.05, 4.69) is 61.8 Å². The van der Waals surface area contributed by atoms with Gasteiger partial charge in [0.05, 0.1) is 39.6 Å². The molecule has 37 nitrogen and oxygen atoms in total. The molecule has 6 aromatic rings. The molecule has 0 saturated heterocycles. The van der Waals surface area contributed by atoms with Crippen LogP contribution in [0.25, 0.3) is 12.2 Å². The van der Waals surface area contributed by atoms with Gasteiger partial charge in [-0.1, -0.05) is 24.3 Å². The van der Waals surface area contributed by atoms with Crippen LogP contribution in [0.4, 0.5) is 58.4 Å². The number of carbonyl (C=O) groups is 5. The molecule has 0 fully saturated rings. The van der Waals surface area contributed by atoms with Crippen molar-refractivity contribution in [1.82, 2.24) is 29.9 Å². The van der Waals surface area contributed by atoms with Crippen molar-refractivity contribution in [3.05, 3.63) is 89.5 Å². The molecule has 16 N–H and O–H groups in total. The normalized spacial score (nSPS) is 12.8. The highest BCUT2D eigenvalue weighted by Gasteiger charge is 2.28. The van der Waals surface area contributed by atoms with Gasteiger partial charge in [-0.2, -0.15) is 72.0 Å². The molecule has 0 radical (unpaired) electrons. The van der Waals surface area contributed by atoms with Crippen LogP contribution in [0.15, 0.2) is 97.3 Å². The standard InChI is InChI=1S/C41H36N12O25S5/c54-31(55)15-26(34(60)61)46-40-50-36(48-38(52-40)44-24-13-21(79(64,65)66)7-9-28(24)81(70,71)72)42-19-5-3-17(23(11-19)33(58)59)1-2-18-4-6-20(12-30(18)83(76,77)78)43-37-49-39(53-41(51-37)47-27(35(62)63)16-32(56)57)45-25-14-22(80(67,68)69)8-10-29(25)82(73,74)75/h1-14,26-27H,15-16H2,(H,54,55)(H,56,57)(H,58,59)(H,60,61)(H,62,63)(H,64,65,66)(H,67,68,69)(H,70,71,72)(H,73,74,75)(H,76,77,78)(H3,42,44,46,48,50,52)(H3,43,45,47,49,51,53)/b2-1+. The molecule has 0 spiro atoms. The van der Waals surface area contributed by atoms with Crippen molar-refractivity contribution in [2.75, 3.05) is 31.9 Å². The molecule has 2 unspecified atom stereocenters. The Labute approximate surface area is 464 Å². The van der Waals surface area contributed by atoms with Crippen LogP contribution in [-0.4, -0.2) is 162 Å². The summed E-state index contributed by atoms with van der Waals surface area (Å²) in [6.07, 6.45) is -0.117. The lowest BCUT2D eigenvalue weighted by Gasteiger charge is -2.16. The number of hydrogen-bond donors (Lipinski definition) is 16. The summed E-state index contributed by atoms with van der Waals surface area (Å²) in [6, 6.07) is 5.54. The van der Waals surface area contributed by atoms with Gasteiger partial charge >= 0.3 is 29.8 Å². The first kappa shape index (κ1) is 62.5. The van der Waals surface area contributed by atoms with Crippen LogP contribution >= 0.6 is 0 Å². The molecule has 42 heteroatoms. The van der Waals surface area contributed by atoms with Gasteiger partial charge in [-0.3, -0.25) is 32.4 Å². The van der Waals surface area contributed by atoms with E-state index < -0.39 is 182 Å². The van der Waals surface area contributed by atoms with Gasteiger partial charge in [0.25, 0.3) is 50.6 Å². The van der Waals surface area contributed by atoms with E-state index in [1.165, 1.54) is 6.07 Å². The monoisotopic (exact) mass is 1260 g/mol. The van der Waals surface area contributed by atoms with Gasteiger partial charge in [-0.05, 0) is 71.8 Å². The van der Waals surface area contributed by atoms with Crippen molar-refractivity contribution in [3.8, 4) is 0 Å². The number of aromatic carboxylic acids is 1. The lowest BCUT2D eigenvalue weighted by Crippen LogP contribution is -2.32. The van der Waals surface area contributed by atoms with Crippen LogP contribution in [-0.2, 0) is 69.8 Å². The molecule has 440 valence electrons. The Morgan fingerprint density at radius 3 is 1.11 bits per heavy atom. The number of nitrogens with zero attached hydrogens (tertiary/aromatic N) is 6. The molecule has 0 bridgehead atoms. The van der Waals surface area contributed by atoms with Gasteiger partial charge in [-0.15, -0.1) is 0 Å². The number of aromatic nitrogens is 6. The fraction of sp³-hybridized carbons (Fsp3) is 0.0976. The van der Waals surface area contributed by atoms with Gasteiger partial charge in [0.15, 0.2) is 0 Å². The number of carboxylic acids is 5. The smallest absolute Gasteiger partial charge is 0.336 e. The van der Waals surface area contributed by atoms with Crippen molar-refractivity contribution in [3.63, 3.8) is 0 Å². The Kier molecular flexibility index (Phi) is 18.2. The Morgan fingerprint density at radius 1 is 0.410 bits per heavy atom. The highest BCUT2D eigenvalue weighted by molar-refractivity contribution is 7.87. The van der Waals surface area contributed by atoms with E-state index in [4.69, 9.17) is 0 Å². The molecule has 0 saturated carbocycles. The summed E-state index contributed by atoms with van der Waals surface area (Å²) in [6.45, 7) is 0. The highest BCUT2D eigenvalue weighted by atomic mass is 32.2. The number of aliphatic carboxylic acids is 4. The van der Waals surface area contributed by atoms with E-state index in [1.54, 1.807) is 0 Å². The summed E-state index contributed by atoms with van der Waals surface area (Å²) in [5.41, 5.74) is -3.25. The van der Waals surface area contributed by atoms with Gasteiger partial charge in [-0.25, -0.2) is 14.4 Å². The number of carboxylic acid groups (broad SMARTS) is 5. The topological polar surface area (TPSA) is 608 Å². The zero-order valence-electron chi connectivity index (χ0n) is 40.5. The summed E-state index contributed by atoms with van der Waals surface area (Å²) < 4.78 is 171. The summed E-state index contributed by atoms with van der Waals surface area (Å²) >= 11 is 0. The van der Waals surface area contributed by atoms with Crippen LogP contribution in [0.3, 0.4) is 0 Å². The lowest BCUT2D eigenvalue weighted by molar-refractivity contribution is -0.144. The quantitative estimate of drug-likeness (QED) is 0.0272. The van der Waals surface area contributed by atoms with E-state index in [0.29, 0.717) is 36.4 Å². The minimum absolute atomic E-state index is 0.187. The van der Waals surface area contributed by atoms with Crippen molar-refractivity contribution in [2.24, 2.45) is 0 Å². The Bertz CT molecular complexity index is 4290. The van der Waals surface area contributed by atoms with E-state index in [1.807, 2.05) is 0 Å². The maximum absolute atomic E-state index is 12.8. The van der Waals surface area contributed by atoms with Crippen LogP contribution in [0.1, 0.15) is 34.3 Å². The van der Waals surface area contributed by atoms with E-state index in [0.717, 1.165) is 42.5 Å². The Morgan fingerprint density at radius 2 is 0.759 bits per heavy atom. The number of rotatable bonds is 26. The second-order valence-electron chi connectivity index (χ2n) is 16.3. The summed E-state index contributed by atoms with van der Waals surface area (Å²) in [4.78, 5) is 78.0. The molecule has 2 atom stereocenters. The van der Waals surface area contributed by atoms with Gasteiger partial charge < -0.3 is 57.4 Å². The summed E-state index contributed by atoms with van der Waals surface area (Å²) in [7, 11) is -25.7. The summed E-state index contributed by atoms with van der Waals surface area (Å²) in [5.74, 6) is -12.9. The second-order valence-corrected chi connectivity index (χ2v) is 23.3. The van der Waals surface area contributed by atoms with Crippen molar-refractivity contribution in [1.29, 1.82) is 0 Å². The number of nitrogens with one attached hydrogen (secondary N) is 6. The largest absolute Gasteiger partial charge is 0.481 e. The van der Waals surface area contributed by atoms with Crippen molar-refractivity contribution in [2.45, 2.75) is 49.4 Å². The average molecular weight is 1260 g/mol. The van der Waals surface area contributed by atoms with Gasteiger partial charge in [0.2, 0.25) is 35.7 Å². The van der Waals surface area contributed by atoms with Crippen LogP contribution in [0, 0.1) is 0 Å². The third kappa shape index (κ3) is 16.9. The first-order valence-corrected chi connectivity index (χ1v) is 28.9. The molecular formula is C41H36N12O25S5. The molecule has 4 aromatic carbocycles. The van der Waals surface area contributed by atoms with Gasteiger partial charge in [0, 0.05) is 11.4 Å². The van der Waals surface area contributed by atoms with Crippen LogP contribution < -0.4 is 31.9 Å². The predicted octanol–water partition coefficient (Wildman–Crippen LogP) is 1.81. The molecule has 83 heavy (non-hydrogen) atoms. The third-order valence-corrected chi connectivity index (χ3v) is 14.7. The van der Waals surface area contributed by atoms with Crippen LogP contribution in [0.2, 0.25) is 0 Å². The average Bonchev–Trinajstić information content (AvgIpc) is 2.52. The molecule has 0 aliphatic heterocycles. The first-order chi connectivity index (χ1) is 38.3. The number of benzene rings is 4. The second kappa shape index (κ2) is 24.2. The molecule has 0 aliphatic carbocycles. The zero-order valence-corrected chi connectivity index (χ0v) is 44.6.